The summed E-state index contributed by atoms with van der Waals surface area (Å²) in [5, 5.41) is 0.829. The maximum atomic E-state index is 13.9. The summed E-state index contributed by atoms with van der Waals surface area (Å²) < 4.78 is 33.5. The van der Waals surface area contributed by atoms with Crippen molar-refractivity contribution in [3.63, 3.8) is 0 Å². The minimum absolute atomic E-state index is 0.150. The summed E-state index contributed by atoms with van der Waals surface area (Å²) >= 11 is 0. The lowest BCUT2D eigenvalue weighted by Gasteiger charge is -2.37. The third-order valence-corrected chi connectivity index (χ3v) is 7.19. The first-order valence-corrected chi connectivity index (χ1v) is 12.8. The molecule has 5 rings (SSSR count). The van der Waals surface area contributed by atoms with Gasteiger partial charge in [0, 0.05) is 35.7 Å². The van der Waals surface area contributed by atoms with Crippen molar-refractivity contribution >= 4 is 16.9 Å². The van der Waals surface area contributed by atoms with E-state index in [2.05, 4.69) is 0 Å². The highest BCUT2D eigenvalue weighted by Gasteiger charge is 2.34. The summed E-state index contributed by atoms with van der Waals surface area (Å²) in [5.74, 6) is 2.56. The van der Waals surface area contributed by atoms with Crippen LogP contribution < -0.4 is 29.3 Å². The molecule has 0 bridgehead atoms. The van der Waals surface area contributed by atoms with E-state index in [9.17, 15) is 9.59 Å². The first-order chi connectivity index (χ1) is 19.3. The molecular weight excluding hydrogens is 514 g/mol. The molecule has 4 aromatic rings. The van der Waals surface area contributed by atoms with E-state index in [1.165, 1.54) is 6.07 Å². The highest BCUT2D eigenvalue weighted by atomic mass is 16.5. The predicted molar refractivity (Wildman–Crippen MR) is 149 cm³/mol. The number of aryl methyl sites for hydroxylation is 1. The van der Waals surface area contributed by atoms with Gasteiger partial charge in [0.2, 0.25) is 0 Å². The van der Waals surface area contributed by atoms with Crippen LogP contribution in [0.5, 0.6) is 28.7 Å². The van der Waals surface area contributed by atoms with E-state index in [-0.39, 0.29) is 12.5 Å². The van der Waals surface area contributed by atoms with Crippen LogP contribution in [0.1, 0.15) is 33.1 Å². The van der Waals surface area contributed by atoms with Crippen LogP contribution in [0.2, 0.25) is 0 Å². The Morgan fingerprint density at radius 3 is 2.25 bits per heavy atom. The zero-order chi connectivity index (χ0) is 28.4. The summed E-state index contributed by atoms with van der Waals surface area (Å²) in [6.45, 7) is 2.47. The fraction of sp³-hybridized carbons (Fsp3) is 0.290. The fourth-order valence-electron chi connectivity index (χ4n) is 5.12. The number of benzene rings is 3. The minimum Gasteiger partial charge on any atom is -0.497 e. The lowest BCUT2D eigenvalue weighted by atomic mass is 9.91. The minimum atomic E-state index is -0.450. The van der Waals surface area contributed by atoms with Gasteiger partial charge in [-0.1, -0.05) is 0 Å². The van der Waals surface area contributed by atoms with Crippen molar-refractivity contribution in [1.29, 1.82) is 0 Å². The number of nitrogens with zero attached hydrogens (tertiary/aromatic N) is 1. The number of rotatable bonds is 8. The third kappa shape index (κ3) is 5.14. The number of fused-ring (bicyclic) bond motifs is 2. The Morgan fingerprint density at radius 2 is 1.57 bits per heavy atom. The zero-order valence-electron chi connectivity index (χ0n) is 23.1. The molecule has 40 heavy (non-hydrogen) atoms. The molecule has 1 aliphatic rings. The predicted octanol–water partition coefficient (Wildman–Crippen LogP) is 4.95. The molecule has 0 N–H and O–H groups in total. The Bertz CT molecular complexity index is 1600. The van der Waals surface area contributed by atoms with Crippen molar-refractivity contribution in [2.24, 2.45) is 0 Å². The molecule has 0 aliphatic carbocycles. The van der Waals surface area contributed by atoms with Crippen LogP contribution in [0.3, 0.4) is 0 Å². The maximum absolute atomic E-state index is 13.9. The van der Waals surface area contributed by atoms with Crippen LogP contribution in [0, 0.1) is 6.92 Å². The van der Waals surface area contributed by atoms with Crippen molar-refractivity contribution in [3.8, 4) is 28.7 Å². The fourth-order valence-corrected chi connectivity index (χ4v) is 5.12. The van der Waals surface area contributed by atoms with E-state index >= 15 is 0 Å². The second-order valence-electron chi connectivity index (χ2n) is 9.49. The van der Waals surface area contributed by atoms with Crippen LogP contribution >= 0.6 is 0 Å². The summed E-state index contributed by atoms with van der Waals surface area (Å²) in [6, 6.07) is 15.3. The van der Waals surface area contributed by atoms with Crippen molar-refractivity contribution in [3.05, 3.63) is 87.3 Å². The Labute approximate surface area is 231 Å². The van der Waals surface area contributed by atoms with E-state index in [4.69, 9.17) is 28.1 Å². The monoisotopic (exact) mass is 545 g/mol. The lowest BCUT2D eigenvalue weighted by molar-refractivity contribution is 0.0588. The van der Waals surface area contributed by atoms with E-state index in [1.807, 2.05) is 31.2 Å². The molecule has 0 fully saturated rings. The van der Waals surface area contributed by atoms with Gasteiger partial charge in [0.1, 0.15) is 29.4 Å². The quantitative estimate of drug-likeness (QED) is 0.287. The topological polar surface area (TPSA) is 96.7 Å². The number of hydrogen-bond acceptors (Lipinski definition) is 8. The first-order valence-electron chi connectivity index (χ1n) is 12.8. The first kappa shape index (κ1) is 26.9. The molecule has 0 saturated heterocycles. The Morgan fingerprint density at radius 1 is 0.875 bits per heavy atom. The van der Waals surface area contributed by atoms with Gasteiger partial charge >= 0.3 is 5.63 Å². The second kappa shape index (κ2) is 11.2. The molecule has 0 unspecified atom stereocenters. The van der Waals surface area contributed by atoms with Crippen LogP contribution in [-0.4, -0.2) is 52.4 Å². The molecule has 1 aromatic heterocycles. The zero-order valence-corrected chi connectivity index (χ0v) is 23.1. The van der Waals surface area contributed by atoms with Crippen LogP contribution in [-0.2, 0) is 6.42 Å². The molecule has 9 nitrogen and oxygen atoms in total. The van der Waals surface area contributed by atoms with Gasteiger partial charge in [0.05, 0.1) is 34.5 Å². The second-order valence-corrected chi connectivity index (χ2v) is 9.49. The molecule has 1 amide bonds. The molecule has 0 spiro atoms. The summed E-state index contributed by atoms with van der Waals surface area (Å²) in [7, 11) is 6.27. The Kier molecular flexibility index (Phi) is 7.55. The number of ether oxygens (including phenoxy) is 5. The maximum Gasteiger partial charge on any atom is 0.336 e. The Balaban J connectivity index is 1.53. The molecule has 0 saturated carbocycles. The van der Waals surface area contributed by atoms with Crippen molar-refractivity contribution in [1.82, 2.24) is 4.90 Å². The number of hydrogen-bond donors (Lipinski definition) is 0. The van der Waals surface area contributed by atoms with Gasteiger partial charge in [-0.2, -0.15) is 0 Å². The van der Waals surface area contributed by atoms with Gasteiger partial charge in [-0.25, -0.2) is 4.79 Å². The van der Waals surface area contributed by atoms with Gasteiger partial charge in [0.25, 0.3) is 5.91 Å². The number of carbonyl (C=O) groups is 1. The Hall–Kier alpha value is -4.66. The van der Waals surface area contributed by atoms with Crippen LogP contribution in [0.25, 0.3) is 11.0 Å². The van der Waals surface area contributed by atoms with E-state index in [0.717, 1.165) is 22.1 Å². The van der Waals surface area contributed by atoms with Gasteiger partial charge in [0.15, 0.2) is 11.5 Å². The van der Waals surface area contributed by atoms with Crippen LogP contribution in [0.4, 0.5) is 0 Å². The van der Waals surface area contributed by atoms with Crippen molar-refractivity contribution < 1.29 is 32.9 Å². The molecule has 208 valence electrons. The van der Waals surface area contributed by atoms with Crippen molar-refractivity contribution in [2.75, 3.05) is 41.6 Å². The van der Waals surface area contributed by atoms with E-state index in [1.54, 1.807) is 57.6 Å². The van der Waals surface area contributed by atoms with Gasteiger partial charge < -0.3 is 33.0 Å². The largest absolute Gasteiger partial charge is 0.497 e. The lowest BCUT2D eigenvalue weighted by Crippen LogP contribution is -2.42. The number of carbonyl (C=O) groups excluding carboxylic acids is 1. The van der Waals surface area contributed by atoms with Gasteiger partial charge in [-0.15, -0.1) is 0 Å². The highest BCUT2D eigenvalue weighted by Crippen LogP contribution is 2.39. The molecule has 0 radical (unpaired) electrons. The standard InChI is InChI=1S/C31H31NO8/c1-18-10-30(33)40-27-15-21(6-7-24(18)27)39-17-26-25-16-29(38-5)28(37-4)13-19(25)8-9-32(26)31(34)20-11-22(35-2)14-23(12-20)36-3/h6-7,10-16,26H,8-9,17H2,1-5H3/t26-/m0/s1. The van der Waals surface area contributed by atoms with E-state index in [0.29, 0.717) is 52.9 Å². The van der Waals surface area contributed by atoms with Gasteiger partial charge in [-0.3, -0.25) is 4.79 Å². The highest BCUT2D eigenvalue weighted by molar-refractivity contribution is 5.95. The average molecular weight is 546 g/mol. The smallest absolute Gasteiger partial charge is 0.336 e. The molecule has 9 heteroatoms. The number of amides is 1. The summed E-state index contributed by atoms with van der Waals surface area (Å²) in [6.07, 6.45) is 0.624. The molecule has 1 atom stereocenters. The molecule has 2 heterocycles. The third-order valence-electron chi connectivity index (χ3n) is 7.19. The summed E-state index contributed by atoms with van der Waals surface area (Å²) in [5.41, 5.74) is 3.22. The molecular formula is C31H31NO8. The molecule has 1 aliphatic heterocycles. The molecule has 3 aromatic carbocycles. The number of methoxy groups -OCH3 is 4. The van der Waals surface area contributed by atoms with E-state index < -0.39 is 11.7 Å². The summed E-state index contributed by atoms with van der Waals surface area (Å²) in [4.78, 5) is 27.7. The average Bonchev–Trinajstić information content (AvgIpc) is 2.97. The van der Waals surface area contributed by atoms with Crippen LogP contribution in [0.15, 0.2) is 63.8 Å². The van der Waals surface area contributed by atoms with Crippen molar-refractivity contribution in [2.45, 2.75) is 19.4 Å². The SMILES string of the molecule is COc1cc(OC)cc(C(=O)N2CCc3cc(OC)c(OC)cc3[C@@H]2COc2ccc3c(C)cc(=O)oc3c2)c1. The van der Waals surface area contributed by atoms with Gasteiger partial charge in [-0.05, 0) is 66.4 Å². The normalized spacial score (nSPS) is 14.4.